The van der Waals surface area contributed by atoms with Crippen molar-refractivity contribution in [3.8, 4) is 0 Å². The second kappa shape index (κ2) is 6.67. The van der Waals surface area contributed by atoms with Crippen molar-refractivity contribution < 1.29 is 8.42 Å². The molecule has 0 aromatic carbocycles. The Morgan fingerprint density at radius 1 is 1.24 bits per heavy atom. The Morgan fingerprint density at radius 2 is 1.81 bits per heavy atom. The third-order valence-corrected chi connectivity index (χ3v) is 5.01. The van der Waals surface area contributed by atoms with E-state index in [9.17, 15) is 8.42 Å². The molecule has 1 fully saturated rings. The summed E-state index contributed by atoms with van der Waals surface area (Å²) in [5, 5.41) is 0. The van der Waals surface area contributed by atoms with Crippen molar-refractivity contribution in [2.45, 2.75) is 25.8 Å². The van der Waals surface area contributed by atoms with Gasteiger partial charge in [0.15, 0.2) is 0 Å². The summed E-state index contributed by atoms with van der Waals surface area (Å²) in [7, 11) is -3.10. The summed E-state index contributed by atoms with van der Waals surface area (Å²) in [5.41, 5.74) is 6.94. The lowest BCUT2D eigenvalue weighted by molar-refractivity contribution is 0.385. The lowest BCUT2D eigenvalue weighted by atomic mass is 10.1. The van der Waals surface area contributed by atoms with Crippen LogP contribution in [-0.2, 0) is 16.4 Å². The third kappa shape index (κ3) is 4.36. The van der Waals surface area contributed by atoms with Gasteiger partial charge in [0.2, 0.25) is 16.0 Å². The van der Waals surface area contributed by atoms with Crippen LogP contribution in [0.5, 0.6) is 0 Å². The summed E-state index contributed by atoms with van der Waals surface area (Å²) >= 11 is 0. The molecular weight excluding hydrogens is 290 g/mol. The number of rotatable bonds is 5. The van der Waals surface area contributed by atoms with Crippen molar-refractivity contribution in [2.24, 2.45) is 5.73 Å². The smallest absolute Gasteiger partial charge is 0.225 e. The second-order valence-electron chi connectivity index (χ2n) is 5.41. The van der Waals surface area contributed by atoms with E-state index in [-0.39, 0.29) is 6.04 Å². The van der Waals surface area contributed by atoms with Gasteiger partial charge in [-0.05, 0) is 18.4 Å². The van der Waals surface area contributed by atoms with Crippen LogP contribution in [0, 0.1) is 0 Å². The number of piperazine rings is 1. The molecule has 0 amide bonds. The molecule has 1 aliphatic heterocycles. The van der Waals surface area contributed by atoms with E-state index in [0.29, 0.717) is 32.1 Å². The van der Waals surface area contributed by atoms with Gasteiger partial charge >= 0.3 is 0 Å². The lowest BCUT2D eigenvalue weighted by Crippen LogP contribution is -2.48. The van der Waals surface area contributed by atoms with E-state index in [4.69, 9.17) is 5.73 Å². The minimum atomic E-state index is -3.10. The Labute approximate surface area is 126 Å². The topological polar surface area (TPSA) is 92.4 Å². The predicted octanol–water partition coefficient (Wildman–Crippen LogP) is -0.162. The highest BCUT2D eigenvalue weighted by Crippen LogP contribution is 2.13. The lowest BCUT2D eigenvalue weighted by Gasteiger charge is -2.33. The Balaban J connectivity index is 1.95. The number of aromatic nitrogens is 2. The Kier molecular flexibility index (Phi) is 5.13. The molecule has 1 atom stereocenters. The molecule has 1 unspecified atom stereocenters. The van der Waals surface area contributed by atoms with Crippen LogP contribution in [0.15, 0.2) is 12.4 Å². The quantitative estimate of drug-likeness (QED) is 0.812. The highest BCUT2D eigenvalue weighted by atomic mass is 32.2. The third-order valence-electron chi connectivity index (χ3n) is 3.70. The molecule has 0 spiro atoms. The van der Waals surface area contributed by atoms with Crippen molar-refractivity contribution in [3.05, 3.63) is 18.0 Å². The Morgan fingerprint density at radius 3 is 2.29 bits per heavy atom. The number of hydrogen-bond donors (Lipinski definition) is 1. The maximum atomic E-state index is 11.5. The van der Waals surface area contributed by atoms with Gasteiger partial charge in [-0.25, -0.2) is 18.4 Å². The van der Waals surface area contributed by atoms with Crippen molar-refractivity contribution in [3.63, 3.8) is 0 Å². The van der Waals surface area contributed by atoms with Crippen LogP contribution in [0.25, 0.3) is 0 Å². The molecule has 8 heteroatoms. The fraction of sp³-hybridized carbons (Fsp3) is 0.692. The zero-order valence-electron chi connectivity index (χ0n) is 12.6. The number of anilines is 1. The molecule has 2 rings (SSSR count). The Hall–Kier alpha value is -1.25. The first-order valence-corrected chi connectivity index (χ1v) is 9.01. The van der Waals surface area contributed by atoms with E-state index < -0.39 is 10.0 Å². The molecule has 7 nitrogen and oxygen atoms in total. The summed E-state index contributed by atoms with van der Waals surface area (Å²) in [6.45, 7) is 4.23. The minimum absolute atomic E-state index is 0.137. The first-order valence-electron chi connectivity index (χ1n) is 7.16. The average molecular weight is 313 g/mol. The molecule has 2 heterocycles. The van der Waals surface area contributed by atoms with Crippen molar-refractivity contribution in [2.75, 3.05) is 37.3 Å². The first kappa shape index (κ1) is 16.1. The summed E-state index contributed by atoms with van der Waals surface area (Å²) in [4.78, 5) is 10.7. The van der Waals surface area contributed by atoms with Crippen molar-refractivity contribution in [1.82, 2.24) is 14.3 Å². The second-order valence-corrected chi connectivity index (χ2v) is 7.40. The number of nitrogens with zero attached hydrogens (tertiary/aromatic N) is 4. The summed E-state index contributed by atoms with van der Waals surface area (Å²) in [5.74, 6) is 0.650. The fourth-order valence-corrected chi connectivity index (χ4v) is 3.11. The molecule has 0 saturated carbocycles. The van der Waals surface area contributed by atoms with E-state index in [1.54, 1.807) is 12.4 Å². The van der Waals surface area contributed by atoms with Gasteiger partial charge in [0.1, 0.15) is 0 Å². The molecule has 2 N–H and O–H groups in total. The molecule has 0 aliphatic carbocycles. The molecule has 1 aromatic rings. The van der Waals surface area contributed by atoms with Gasteiger partial charge < -0.3 is 10.6 Å². The monoisotopic (exact) mass is 313 g/mol. The average Bonchev–Trinajstić information content (AvgIpc) is 2.47. The minimum Gasteiger partial charge on any atom is -0.338 e. The van der Waals surface area contributed by atoms with E-state index in [2.05, 4.69) is 16.9 Å². The van der Waals surface area contributed by atoms with E-state index in [1.165, 1.54) is 10.6 Å². The zero-order valence-corrected chi connectivity index (χ0v) is 13.4. The van der Waals surface area contributed by atoms with E-state index in [1.807, 2.05) is 4.90 Å². The molecule has 118 valence electrons. The van der Waals surface area contributed by atoms with E-state index in [0.717, 1.165) is 18.4 Å². The maximum absolute atomic E-state index is 11.5. The van der Waals surface area contributed by atoms with Crippen LogP contribution in [-0.4, -0.2) is 61.2 Å². The largest absolute Gasteiger partial charge is 0.338 e. The molecular formula is C13H23N5O2S. The van der Waals surface area contributed by atoms with Crippen LogP contribution in [0.1, 0.15) is 18.9 Å². The number of nitrogens with two attached hydrogens (primary N) is 1. The van der Waals surface area contributed by atoms with Crippen LogP contribution in [0.3, 0.4) is 0 Å². The van der Waals surface area contributed by atoms with Gasteiger partial charge in [-0.2, -0.15) is 4.31 Å². The maximum Gasteiger partial charge on any atom is 0.225 e. The van der Waals surface area contributed by atoms with Crippen LogP contribution in [0.4, 0.5) is 5.95 Å². The van der Waals surface area contributed by atoms with Gasteiger partial charge in [-0.1, -0.05) is 6.92 Å². The SMILES string of the molecule is CCC(N)Cc1cnc(N2CCN(S(C)(=O)=O)CC2)nc1. The molecule has 0 bridgehead atoms. The zero-order chi connectivity index (χ0) is 15.5. The van der Waals surface area contributed by atoms with Crippen LogP contribution < -0.4 is 10.6 Å². The van der Waals surface area contributed by atoms with Gasteiger partial charge in [-0.3, -0.25) is 0 Å². The Bertz CT molecular complexity index is 552. The van der Waals surface area contributed by atoms with Crippen LogP contribution >= 0.6 is 0 Å². The highest BCUT2D eigenvalue weighted by molar-refractivity contribution is 7.88. The normalized spacial score (nSPS) is 18.7. The van der Waals surface area contributed by atoms with E-state index >= 15 is 0 Å². The highest BCUT2D eigenvalue weighted by Gasteiger charge is 2.24. The van der Waals surface area contributed by atoms with Gasteiger partial charge in [0.05, 0.1) is 6.26 Å². The summed E-state index contributed by atoms with van der Waals surface area (Å²) in [6, 6.07) is 0.137. The number of hydrogen-bond acceptors (Lipinski definition) is 6. The van der Waals surface area contributed by atoms with Crippen molar-refractivity contribution in [1.29, 1.82) is 0 Å². The number of sulfonamides is 1. The molecule has 21 heavy (non-hydrogen) atoms. The molecule has 0 radical (unpaired) electrons. The molecule has 1 aliphatic rings. The summed E-state index contributed by atoms with van der Waals surface area (Å²) in [6.07, 6.45) is 6.56. The van der Waals surface area contributed by atoms with Gasteiger partial charge in [0, 0.05) is 44.6 Å². The standard InChI is InChI=1S/C13H23N5O2S/c1-3-12(14)8-11-9-15-13(16-10-11)17-4-6-18(7-5-17)21(2,19)20/h9-10,12H,3-8,14H2,1-2H3. The molecule has 1 aromatic heterocycles. The predicted molar refractivity (Wildman–Crippen MR) is 82.6 cm³/mol. The fourth-order valence-electron chi connectivity index (χ4n) is 2.28. The van der Waals surface area contributed by atoms with Crippen LogP contribution in [0.2, 0.25) is 0 Å². The first-order chi connectivity index (χ1) is 9.90. The molecule has 1 saturated heterocycles. The van der Waals surface area contributed by atoms with Crippen molar-refractivity contribution >= 4 is 16.0 Å². The van der Waals surface area contributed by atoms with Gasteiger partial charge in [0.25, 0.3) is 0 Å². The van der Waals surface area contributed by atoms with Gasteiger partial charge in [-0.15, -0.1) is 0 Å². The summed E-state index contributed by atoms with van der Waals surface area (Å²) < 4.78 is 24.4.